The van der Waals surface area contributed by atoms with Gasteiger partial charge in [0.1, 0.15) is 11.3 Å². The molecule has 0 saturated heterocycles. The first-order valence-corrected chi connectivity index (χ1v) is 8.97. The molecule has 0 aromatic heterocycles. The van der Waals surface area contributed by atoms with Crippen LogP contribution < -0.4 is 15.4 Å². The molecule has 2 amide bonds. The van der Waals surface area contributed by atoms with Crippen LogP contribution in [0.5, 0.6) is 5.75 Å². The summed E-state index contributed by atoms with van der Waals surface area (Å²) in [5, 5.41) is 5.93. The highest BCUT2D eigenvalue weighted by Gasteiger charge is 2.33. The number of hydrogen-bond acceptors (Lipinski definition) is 4. The summed E-state index contributed by atoms with van der Waals surface area (Å²) in [6.07, 6.45) is 2.25. The molecule has 2 aromatic carbocycles. The van der Waals surface area contributed by atoms with Crippen LogP contribution in [0, 0.1) is 5.92 Å². The van der Waals surface area contributed by atoms with Crippen LogP contribution in [0.3, 0.4) is 0 Å². The number of urea groups is 1. The highest BCUT2D eigenvalue weighted by atomic mass is 16.5. The van der Waals surface area contributed by atoms with Gasteiger partial charge in [-0.1, -0.05) is 36.4 Å². The molecule has 6 heteroatoms. The van der Waals surface area contributed by atoms with Crippen molar-refractivity contribution in [2.24, 2.45) is 5.92 Å². The van der Waals surface area contributed by atoms with E-state index >= 15 is 0 Å². The van der Waals surface area contributed by atoms with Crippen molar-refractivity contribution < 1.29 is 19.1 Å². The normalized spacial score (nSPS) is 14.1. The van der Waals surface area contributed by atoms with Crippen LogP contribution in [0.4, 0.5) is 4.79 Å². The standard InChI is InChI=1S/C21H24N2O4/c1-26-18-11-8-14(12-17(18)20(24)27-2)13-22-21(25)23-19(16-9-10-16)15-6-4-3-5-7-15/h3-8,11-12,16,19H,9-10,13H2,1-2H3,(H2,22,23,25)/t19-/m1/s1. The number of rotatable bonds is 7. The topological polar surface area (TPSA) is 76.7 Å². The molecule has 1 aliphatic rings. The number of methoxy groups -OCH3 is 2. The Morgan fingerprint density at radius 2 is 1.85 bits per heavy atom. The first-order valence-electron chi connectivity index (χ1n) is 8.97. The summed E-state index contributed by atoms with van der Waals surface area (Å²) < 4.78 is 9.96. The molecule has 1 saturated carbocycles. The van der Waals surface area contributed by atoms with E-state index in [1.165, 1.54) is 14.2 Å². The summed E-state index contributed by atoms with van der Waals surface area (Å²) in [6, 6.07) is 15.0. The summed E-state index contributed by atoms with van der Waals surface area (Å²) in [4.78, 5) is 24.3. The van der Waals surface area contributed by atoms with Gasteiger partial charge in [0.15, 0.2) is 0 Å². The third kappa shape index (κ3) is 4.78. The lowest BCUT2D eigenvalue weighted by molar-refractivity contribution is 0.0597. The van der Waals surface area contributed by atoms with Crippen molar-refractivity contribution in [1.82, 2.24) is 10.6 Å². The van der Waals surface area contributed by atoms with Gasteiger partial charge in [0.2, 0.25) is 0 Å². The molecule has 1 fully saturated rings. The van der Waals surface area contributed by atoms with E-state index in [0.717, 1.165) is 24.0 Å². The lowest BCUT2D eigenvalue weighted by Gasteiger charge is -2.19. The average molecular weight is 368 g/mol. The van der Waals surface area contributed by atoms with Crippen LogP contribution in [0.15, 0.2) is 48.5 Å². The largest absolute Gasteiger partial charge is 0.496 e. The summed E-state index contributed by atoms with van der Waals surface area (Å²) in [6.45, 7) is 0.298. The molecule has 6 nitrogen and oxygen atoms in total. The fourth-order valence-electron chi connectivity index (χ4n) is 3.07. The zero-order valence-corrected chi connectivity index (χ0v) is 15.5. The van der Waals surface area contributed by atoms with Crippen LogP contribution in [0.1, 0.15) is 40.4 Å². The van der Waals surface area contributed by atoms with Crippen molar-refractivity contribution in [3.63, 3.8) is 0 Å². The van der Waals surface area contributed by atoms with Crippen molar-refractivity contribution in [3.8, 4) is 5.75 Å². The molecule has 2 aromatic rings. The average Bonchev–Trinajstić information content (AvgIpc) is 3.55. The smallest absolute Gasteiger partial charge is 0.341 e. The summed E-state index contributed by atoms with van der Waals surface area (Å²) in [5.74, 6) is 0.453. The SMILES string of the molecule is COC(=O)c1cc(CNC(=O)N[C@H](c2ccccc2)C2CC2)ccc1OC. The second-order valence-corrected chi connectivity index (χ2v) is 6.58. The van der Waals surface area contributed by atoms with Crippen LogP contribution in [-0.2, 0) is 11.3 Å². The van der Waals surface area contributed by atoms with Gasteiger partial charge in [-0.3, -0.25) is 0 Å². The highest BCUT2D eigenvalue weighted by Crippen LogP contribution is 2.40. The fourth-order valence-corrected chi connectivity index (χ4v) is 3.07. The quantitative estimate of drug-likeness (QED) is 0.734. The zero-order valence-electron chi connectivity index (χ0n) is 15.5. The number of esters is 1. The summed E-state index contributed by atoms with van der Waals surface area (Å²) in [5.41, 5.74) is 2.24. The fraction of sp³-hybridized carbons (Fsp3) is 0.333. The van der Waals surface area contributed by atoms with E-state index in [9.17, 15) is 9.59 Å². The lowest BCUT2D eigenvalue weighted by atomic mass is 10.0. The lowest BCUT2D eigenvalue weighted by Crippen LogP contribution is -2.38. The molecule has 0 heterocycles. The maximum Gasteiger partial charge on any atom is 0.341 e. The minimum absolute atomic E-state index is 0.0210. The van der Waals surface area contributed by atoms with Crippen molar-refractivity contribution in [3.05, 3.63) is 65.2 Å². The molecule has 27 heavy (non-hydrogen) atoms. The number of nitrogens with one attached hydrogen (secondary N) is 2. The Bertz CT molecular complexity index is 803. The van der Waals surface area contributed by atoms with E-state index in [1.54, 1.807) is 18.2 Å². The molecular weight excluding hydrogens is 344 g/mol. The van der Waals surface area contributed by atoms with E-state index in [0.29, 0.717) is 23.8 Å². The molecule has 0 spiro atoms. The second kappa shape index (κ2) is 8.58. The van der Waals surface area contributed by atoms with E-state index in [4.69, 9.17) is 9.47 Å². The van der Waals surface area contributed by atoms with Gasteiger partial charge in [-0.15, -0.1) is 0 Å². The Morgan fingerprint density at radius 1 is 1.11 bits per heavy atom. The van der Waals surface area contributed by atoms with Gasteiger partial charge in [0.25, 0.3) is 0 Å². The van der Waals surface area contributed by atoms with Crippen molar-refractivity contribution in [1.29, 1.82) is 0 Å². The van der Waals surface area contributed by atoms with Crippen LogP contribution >= 0.6 is 0 Å². The maximum atomic E-state index is 12.4. The number of amides is 2. The first kappa shape index (κ1) is 18.8. The molecular formula is C21H24N2O4. The highest BCUT2D eigenvalue weighted by molar-refractivity contribution is 5.92. The molecule has 0 unspecified atom stereocenters. The Hall–Kier alpha value is -3.02. The van der Waals surface area contributed by atoms with E-state index in [-0.39, 0.29) is 12.1 Å². The van der Waals surface area contributed by atoms with E-state index < -0.39 is 5.97 Å². The van der Waals surface area contributed by atoms with Crippen molar-refractivity contribution >= 4 is 12.0 Å². The van der Waals surface area contributed by atoms with Crippen LogP contribution in [-0.4, -0.2) is 26.2 Å². The molecule has 1 atom stereocenters. The van der Waals surface area contributed by atoms with Crippen LogP contribution in [0.25, 0.3) is 0 Å². The van der Waals surface area contributed by atoms with Gasteiger partial charge in [-0.05, 0) is 42.0 Å². The van der Waals surface area contributed by atoms with Crippen LogP contribution in [0.2, 0.25) is 0 Å². The Labute approximate surface area is 158 Å². The number of carbonyl (C=O) groups excluding carboxylic acids is 2. The van der Waals surface area contributed by atoms with Gasteiger partial charge in [-0.2, -0.15) is 0 Å². The molecule has 1 aliphatic carbocycles. The number of ether oxygens (including phenoxy) is 2. The van der Waals surface area contributed by atoms with Gasteiger partial charge >= 0.3 is 12.0 Å². The zero-order chi connectivity index (χ0) is 19.2. The van der Waals surface area contributed by atoms with Gasteiger partial charge in [0.05, 0.1) is 20.3 Å². The monoisotopic (exact) mass is 368 g/mol. The summed E-state index contributed by atoms with van der Waals surface area (Å²) >= 11 is 0. The van der Waals surface area contributed by atoms with Crippen molar-refractivity contribution in [2.45, 2.75) is 25.4 Å². The molecule has 0 radical (unpaired) electrons. The molecule has 0 aliphatic heterocycles. The minimum atomic E-state index is -0.476. The molecule has 2 N–H and O–H groups in total. The Morgan fingerprint density at radius 3 is 2.48 bits per heavy atom. The molecule has 3 rings (SSSR count). The predicted molar refractivity (Wildman–Crippen MR) is 102 cm³/mol. The third-order valence-electron chi connectivity index (χ3n) is 4.66. The van der Waals surface area contributed by atoms with Gasteiger partial charge < -0.3 is 20.1 Å². The second-order valence-electron chi connectivity index (χ2n) is 6.58. The number of benzene rings is 2. The van der Waals surface area contributed by atoms with Crippen molar-refractivity contribution in [2.75, 3.05) is 14.2 Å². The number of carbonyl (C=O) groups is 2. The Kier molecular flexibility index (Phi) is 5.96. The molecule has 0 bridgehead atoms. The third-order valence-corrected chi connectivity index (χ3v) is 4.66. The number of hydrogen-bond donors (Lipinski definition) is 2. The summed E-state index contributed by atoms with van der Waals surface area (Å²) in [7, 11) is 2.82. The van der Waals surface area contributed by atoms with Gasteiger partial charge in [0, 0.05) is 6.54 Å². The van der Waals surface area contributed by atoms with E-state index in [1.807, 2.05) is 30.3 Å². The predicted octanol–water partition coefficient (Wildman–Crippen LogP) is 3.43. The van der Waals surface area contributed by atoms with Gasteiger partial charge in [-0.25, -0.2) is 9.59 Å². The maximum absolute atomic E-state index is 12.4. The molecule has 142 valence electrons. The van der Waals surface area contributed by atoms with E-state index in [2.05, 4.69) is 10.6 Å². The minimum Gasteiger partial charge on any atom is -0.496 e. The Balaban J connectivity index is 1.62. The first-order chi connectivity index (χ1) is 13.1.